The molecule has 0 spiro atoms. The molecule has 6 heteroatoms. The van der Waals surface area contributed by atoms with Crippen molar-refractivity contribution in [2.24, 2.45) is 5.92 Å². The van der Waals surface area contributed by atoms with Crippen molar-refractivity contribution >= 4 is 31.7 Å². The molecule has 2 rings (SSSR count). The predicted molar refractivity (Wildman–Crippen MR) is 87.0 cm³/mol. The molecular formula is C15H20BrNO3S. The molecule has 0 saturated carbocycles. The highest BCUT2D eigenvalue weighted by atomic mass is 79.9. The summed E-state index contributed by atoms with van der Waals surface area (Å²) in [4.78, 5) is 12.4. The van der Waals surface area contributed by atoms with E-state index >= 15 is 0 Å². The molecule has 1 aromatic carbocycles. The molecular weight excluding hydrogens is 354 g/mol. The van der Waals surface area contributed by atoms with Crippen molar-refractivity contribution in [2.45, 2.75) is 26.2 Å². The van der Waals surface area contributed by atoms with E-state index in [1.165, 1.54) is 10.6 Å². The highest BCUT2D eigenvalue weighted by molar-refractivity contribution is 9.10. The number of sulfonamides is 1. The minimum absolute atomic E-state index is 0.0749. The maximum atomic E-state index is 12.4. The van der Waals surface area contributed by atoms with Gasteiger partial charge in [0, 0.05) is 29.5 Å². The van der Waals surface area contributed by atoms with Crippen molar-refractivity contribution < 1.29 is 13.2 Å². The van der Waals surface area contributed by atoms with E-state index in [-0.39, 0.29) is 11.7 Å². The number of nitrogens with zero attached hydrogens (tertiary/aromatic N) is 1. The fourth-order valence-corrected chi connectivity index (χ4v) is 4.16. The SMILES string of the molecule is Cc1cccc(C(=O)CC2CCCN(S(C)(=O)=O)C2)c1Br. The van der Waals surface area contributed by atoms with Gasteiger partial charge in [0.05, 0.1) is 6.26 Å². The largest absolute Gasteiger partial charge is 0.294 e. The maximum Gasteiger partial charge on any atom is 0.211 e. The van der Waals surface area contributed by atoms with Crippen molar-refractivity contribution in [3.63, 3.8) is 0 Å². The van der Waals surface area contributed by atoms with Gasteiger partial charge in [0.25, 0.3) is 0 Å². The summed E-state index contributed by atoms with van der Waals surface area (Å²) in [6.07, 6.45) is 3.35. The highest BCUT2D eigenvalue weighted by Crippen LogP contribution is 2.27. The number of hydrogen-bond acceptors (Lipinski definition) is 3. The molecule has 4 nitrogen and oxygen atoms in total. The first-order valence-corrected chi connectivity index (χ1v) is 9.66. The fraction of sp³-hybridized carbons (Fsp3) is 0.533. The monoisotopic (exact) mass is 373 g/mol. The summed E-state index contributed by atoms with van der Waals surface area (Å²) in [6, 6.07) is 5.64. The highest BCUT2D eigenvalue weighted by Gasteiger charge is 2.27. The third kappa shape index (κ3) is 4.14. The average molecular weight is 374 g/mol. The lowest BCUT2D eigenvalue weighted by atomic mass is 9.91. The van der Waals surface area contributed by atoms with Gasteiger partial charge in [-0.2, -0.15) is 0 Å². The number of piperidine rings is 1. The number of carbonyl (C=O) groups excluding carboxylic acids is 1. The average Bonchev–Trinajstić information content (AvgIpc) is 2.41. The molecule has 1 saturated heterocycles. The summed E-state index contributed by atoms with van der Waals surface area (Å²) in [5.41, 5.74) is 1.72. The predicted octanol–water partition coefficient (Wildman–Crippen LogP) is 3.00. The van der Waals surface area contributed by atoms with Crippen LogP contribution in [-0.4, -0.2) is 37.9 Å². The van der Waals surface area contributed by atoms with Gasteiger partial charge in [0.2, 0.25) is 10.0 Å². The topological polar surface area (TPSA) is 54.5 Å². The molecule has 1 aliphatic rings. The van der Waals surface area contributed by atoms with Gasteiger partial charge in [-0.05, 0) is 47.2 Å². The summed E-state index contributed by atoms with van der Waals surface area (Å²) in [5.74, 6) is 0.180. The zero-order valence-corrected chi connectivity index (χ0v) is 14.7. The normalized spacial score (nSPS) is 20.4. The van der Waals surface area contributed by atoms with E-state index in [1.54, 1.807) is 0 Å². The standard InChI is InChI=1S/C15H20BrNO3S/c1-11-5-3-7-13(15(11)16)14(18)9-12-6-4-8-17(10-12)21(2,19)20/h3,5,7,12H,4,6,8-10H2,1-2H3. The van der Waals surface area contributed by atoms with Crippen LogP contribution in [0.5, 0.6) is 0 Å². The fourth-order valence-electron chi connectivity index (χ4n) is 2.73. The van der Waals surface area contributed by atoms with Crippen LogP contribution >= 0.6 is 15.9 Å². The lowest BCUT2D eigenvalue weighted by Gasteiger charge is -2.30. The second-order valence-electron chi connectivity index (χ2n) is 5.69. The van der Waals surface area contributed by atoms with Crippen LogP contribution in [-0.2, 0) is 10.0 Å². The van der Waals surface area contributed by atoms with E-state index in [1.807, 2.05) is 25.1 Å². The second kappa shape index (κ2) is 6.58. The zero-order valence-electron chi connectivity index (χ0n) is 12.3. The molecule has 21 heavy (non-hydrogen) atoms. The van der Waals surface area contributed by atoms with Crippen LogP contribution in [0.25, 0.3) is 0 Å². The summed E-state index contributed by atoms with van der Waals surface area (Å²) in [6.45, 7) is 2.97. The summed E-state index contributed by atoms with van der Waals surface area (Å²) in [7, 11) is -3.16. The molecule has 1 heterocycles. The second-order valence-corrected chi connectivity index (χ2v) is 8.47. The lowest BCUT2D eigenvalue weighted by molar-refractivity contribution is 0.0941. The molecule has 0 N–H and O–H groups in total. The molecule has 1 fully saturated rings. The molecule has 0 radical (unpaired) electrons. The number of aryl methyl sites for hydroxylation is 1. The Bertz CT molecular complexity index is 642. The van der Waals surface area contributed by atoms with E-state index in [0.29, 0.717) is 25.1 Å². The summed E-state index contributed by atoms with van der Waals surface area (Å²) in [5, 5.41) is 0. The van der Waals surface area contributed by atoms with Crippen LogP contribution in [0.2, 0.25) is 0 Å². The van der Waals surface area contributed by atoms with Crippen LogP contribution < -0.4 is 0 Å². The molecule has 1 unspecified atom stereocenters. The van der Waals surface area contributed by atoms with E-state index in [0.717, 1.165) is 22.9 Å². The molecule has 1 aliphatic heterocycles. The number of hydrogen-bond donors (Lipinski definition) is 0. The molecule has 0 aromatic heterocycles. The molecule has 1 aromatic rings. The first-order valence-electron chi connectivity index (χ1n) is 7.02. The van der Waals surface area contributed by atoms with Crippen molar-refractivity contribution in [1.82, 2.24) is 4.31 Å². The van der Waals surface area contributed by atoms with Crippen molar-refractivity contribution in [1.29, 1.82) is 0 Å². The quantitative estimate of drug-likeness (QED) is 0.762. The summed E-state index contributed by atoms with van der Waals surface area (Å²) < 4.78 is 25.6. The Morgan fingerprint density at radius 3 is 2.81 bits per heavy atom. The first-order chi connectivity index (χ1) is 9.79. The number of rotatable bonds is 4. The Kier molecular flexibility index (Phi) is 5.22. The Morgan fingerprint density at radius 1 is 1.43 bits per heavy atom. The van der Waals surface area contributed by atoms with Gasteiger partial charge < -0.3 is 0 Å². The van der Waals surface area contributed by atoms with E-state index in [2.05, 4.69) is 15.9 Å². The van der Waals surface area contributed by atoms with Crippen LogP contribution in [0.4, 0.5) is 0 Å². The minimum atomic E-state index is -3.16. The number of carbonyl (C=O) groups is 1. The van der Waals surface area contributed by atoms with Crippen LogP contribution in [0.1, 0.15) is 35.2 Å². The van der Waals surface area contributed by atoms with Gasteiger partial charge in [0.1, 0.15) is 0 Å². The smallest absolute Gasteiger partial charge is 0.211 e. The van der Waals surface area contributed by atoms with E-state index < -0.39 is 10.0 Å². The van der Waals surface area contributed by atoms with Crippen molar-refractivity contribution in [3.8, 4) is 0 Å². The third-order valence-corrected chi connectivity index (χ3v) is 6.24. The van der Waals surface area contributed by atoms with Crippen LogP contribution in [0.15, 0.2) is 22.7 Å². The van der Waals surface area contributed by atoms with Gasteiger partial charge in [-0.3, -0.25) is 4.79 Å². The van der Waals surface area contributed by atoms with Gasteiger partial charge in [-0.15, -0.1) is 0 Å². The van der Waals surface area contributed by atoms with Crippen LogP contribution in [0, 0.1) is 12.8 Å². The minimum Gasteiger partial charge on any atom is -0.294 e. The number of benzene rings is 1. The molecule has 116 valence electrons. The first kappa shape index (κ1) is 16.6. The Labute approximate surface area is 134 Å². The molecule has 0 aliphatic carbocycles. The van der Waals surface area contributed by atoms with Gasteiger partial charge in [-0.25, -0.2) is 12.7 Å². The van der Waals surface area contributed by atoms with E-state index in [4.69, 9.17) is 0 Å². The number of ketones is 1. The number of Topliss-reactive ketones (excluding diaryl/α,β-unsaturated/α-hetero) is 1. The summed E-state index contributed by atoms with van der Waals surface area (Å²) >= 11 is 3.46. The third-order valence-electron chi connectivity index (χ3n) is 3.92. The Morgan fingerprint density at radius 2 is 2.14 bits per heavy atom. The van der Waals surface area contributed by atoms with Gasteiger partial charge >= 0.3 is 0 Å². The van der Waals surface area contributed by atoms with Crippen LogP contribution in [0.3, 0.4) is 0 Å². The maximum absolute atomic E-state index is 12.4. The van der Waals surface area contributed by atoms with Crippen molar-refractivity contribution in [2.75, 3.05) is 19.3 Å². The van der Waals surface area contributed by atoms with E-state index in [9.17, 15) is 13.2 Å². The molecule has 0 amide bonds. The lowest BCUT2D eigenvalue weighted by Crippen LogP contribution is -2.39. The zero-order chi connectivity index (χ0) is 15.6. The Hall–Kier alpha value is -0.720. The van der Waals surface area contributed by atoms with Gasteiger partial charge in [0.15, 0.2) is 5.78 Å². The van der Waals surface area contributed by atoms with Crippen molar-refractivity contribution in [3.05, 3.63) is 33.8 Å². The number of halogens is 1. The molecule has 0 bridgehead atoms. The van der Waals surface area contributed by atoms with Gasteiger partial charge in [-0.1, -0.05) is 18.2 Å². The molecule has 1 atom stereocenters. The Balaban J connectivity index is 2.08.